The summed E-state index contributed by atoms with van der Waals surface area (Å²) in [6, 6.07) is 8.07. The van der Waals surface area contributed by atoms with Crippen molar-refractivity contribution in [3.8, 4) is 0 Å². The monoisotopic (exact) mass is 216 g/mol. The Morgan fingerprint density at radius 1 is 1.38 bits per heavy atom. The van der Waals surface area contributed by atoms with Gasteiger partial charge >= 0.3 is 0 Å². The first-order chi connectivity index (χ1) is 7.79. The van der Waals surface area contributed by atoms with Crippen molar-refractivity contribution in [2.75, 3.05) is 11.9 Å². The first-order valence-electron chi connectivity index (χ1n) is 5.51. The minimum atomic E-state index is 0.148. The maximum atomic E-state index is 5.82. The molecular formula is C12H16N4. The van der Waals surface area contributed by atoms with Gasteiger partial charge in [0.15, 0.2) is 0 Å². The molecule has 0 spiro atoms. The Morgan fingerprint density at radius 3 is 3.00 bits per heavy atom. The zero-order valence-electron chi connectivity index (χ0n) is 9.35. The maximum Gasteiger partial charge on any atom is 0.223 e. The molecular weight excluding hydrogens is 200 g/mol. The number of benzene rings is 1. The van der Waals surface area contributed by atoms with Crippen molar-refractivity contribution in [3.63, 3.8) is 0 Å². The summed E-state index contributed by atoms with van der Waals surface area (Å²) in [4.78, 5) is 8.64. The number of para-hydroxylation sites is 1. The largest absolute Gasteiger partial charge is 0.353 e. The van der Waals surface area contributed by atoms with E-state index < -0.39 is 0 Å². The predicted molar refractivity (Wildman–Crippen MR) is 66.3 cm³/mol. The second-order valence-electron chi connectivity index (χ2n) is 3.80. The highest BCUT2D eigenvalue weighted by molar-refractivity contribution is 5.78. The maximum absolute atomic E-state index is 5.82. The lowest BCUT2D eigenvalue weighted by Crippen LogP contribution is -2.28. The third-order valence-corrected chi connectivity index (χ3v) is 2.54. The van der Waals surface area contributed by atoms with Crippen molar-refractivity contribution < 1.29 is 0 Å². The standard InChI is InChI=1S/C12H16N4/c1-2-10(13)8-15-12-14-7-9-5-3-4-6-11(9)16-12/h3-7,10H,2,8,13H2,1H3,(H,14,15,16). The summed E-state index contributed by atoms with van der Waals surface area (Å²) in [7, 11) is 0. The molecule has 0 aliphatic carbocycles. The van der Waals surface area contributed by atoms with Gasteiger partial charge in [0.2, 0.25) is 5.95 Å². The second-order valence-corrected chi connectivity index (χ2v) is 3.80. The van der Waals surface area contributed by atoms with Gasteiger partial charge in [-0.05, 0) is 12.5 Å². The fourth-order valence-electron chi connectivity index (χ4n) is 1.42. The molecule has 0 amide bonds. The fourth-order valence-corrected chi connectivity index (χ4v) is 1.42. The molecule has 16 heavy (non-hydrogen) atoms. The molecule has 0 saturated heterocycles. The van der Waals surface area contributed by atoms with E-state index in [1.807, 2.05) is 30.5 Å². The van der Waals surface area contributed by atoms with E-state index in [-0.39, 0.29) is 6.04 Å². The molecule has 0 bridgehead atoms. The van der Waals surface area contributed by atoms with Gasteiger partial charge in [0.25, 0.3) is 0 Å². The molecule has 2 rings (SSSR count). The SMILES string of the molecule is CCC(N)CNc1ncc2ccccc2n1. The molecule has 1 heterocycles. The van der Waals surface area contributed by atoms with Gasteiger partial charge in [-0.25, -0.2) is 9.97 Å². The zero-order chi connectivity index (χ0) is 11.4. The van der Waals surface area contributed by atoms with E-state index in [2.05, 4.69) is 22.2 Å². The lowest BCUT2D eigenvalue weighted by atomic mass is 10.2. The minimum Gasteiger partial charge on any atom is -0.353 e. The molecule has 84 valence electrons. The molecule has 0 saturated carbocycles. The first-order valence-corrected chi connectivity index (χ1v) is 5.51. The van der Waals surface area contributed by atoms with Gasteiger partial charge in [-0.15, -0.1) is 0 Å². The average Bonchev–Trinajstić information content (AvgIpc) is 2.35. The van der Waals surface area contributed by atoms with E-state index in [0.717, 1.165) is 17.3 Å². The average molecular weight is 216 g/mol. The topological polar surface area (TPSA) is 63.8 Å². The number of nitrogens with two attached hydrogens (primary N) is 1. The van der Waals surface area contributed by atoms with Crippen LogP contribution in [0.25, 0.3) is 10.9 Å². The summed E-state index contributed by atoms with van der Waals surface area (Å²) < 4.78 is 0. The Bertz CT molecular complexity index is 469. The number of hydrogen-bond acceptors (Lipinski definition) is 4. The summed E-state index contributed by atoms with van der Waals surface area (Å²) in [6.07, 6.45) is 2.77. The fraction of sp³-hybridized carbons (Fsp3) is 0.333. The summed E-state index contributed by atoms with van der Waals surface area (Å²) in [6.45, 7) is 2.77. The Kier molecular flexibility index (Phi) is 3.31. The number of rotatable bonds is 4. The van der Waals surface area contributed by atoms with Crippen molar-refractivity contribution in [1.82, 2.24) is 9.97 Å². The molecule has 4 nitrogen and oxygen atoms in total. The number of fused-ring (bicyclic) bond motifs is 1. The van der Waals surface area contributed by atoms with E-state index in [0.29, 0.717) is 12.5 Å². The highest BCUT2D eigenvalue weighted by Crippen LogP contribution is 2.11. The molecule has 1 aromatic carbocycles. The van der Waals surface area contributed by atoms with Gasteiger partial charge in [-0.1, -0.05) is 25.1 Å². The van der Waals surface area contributed by atoms with Crippen LogP contribution >= 0.6 is 0 Å². The number of anilines is 1. The summed E-state index contributed by atoms with van der Waals surface area (Å²) in [5.41, 5.74) is 6.76. The van der Waals surface area contributed by atoms with E-state index in [9.17, 15) is 0 Å². The van der Waals surface area contributed by atoms with Crippen LogP contribution in [0.5, 0.6) is 0 Å². The molecule has 0 aliphatic heterocycles. The van der Waals surface area contributed by atoms with E-state index in [1.165, 1.54) is 0 Å². The third-order valence-electron chi connectivity index (χ3n) is 2.54. The summed E-state index contributed by atoms with van der Waals surface area (Å²) >= 11 is 0. The van der Waals surface area contributed by atoms with Crippen LogP contribution in [-0.2, 0) is 0 Å². The molecule has 1 aromatic heterocycles. The van der Waals surface area contributed by atoms with Gasteiger partial charge in [0.1, 0.15) is 0 Å². The van der Waals surface area contributed by atoms with E-state index in [1.54, 1.807) is 0 Å². The lowest BCUT2D eigenvalue weighted by Gasteiger charge is -2.10. The molecule has 0 aliphatic rings. The van der Waals surface area contributed by atoms with E-state index >= 15 is 0 Å². The molecule has 0 fully saturated rings. The van der Waals surface area contributed by atoms with Crippen LogP contribution in [0.4, 0.5) is 5.95 Å². The summed E-state index contributed by atoms with van der Waals surface area (Å²) in [5, 5.41) is 4.19. The zero-order valence-corrected chi connectivity index (χ0v) is 9.35. The van der Waals surface area contributed by atoms with Gasteiger partial charge in [-0.3, -0.25) is 0 Å². The Hall–Kier alpha value is -1.68. The van der Waals surface area contributed by atoms with Gasteiger partial charge in [0.05, 0.1) is 5.52 Å². The highest BCUT2D eigenvalue weighted by Gasteiger charge is 2.01. The van der Waals surface area contributed by atoms with Crippen LogP contribution < -0.4 is 11.1 Å². The van der Waals surface area contributed by atoms with E-state index in [4.69, 9.17) is 5.73 Å². The number of nitrogens with one attached hydrogen (secondary N) is 1. The van der Waals surface area contributed by atoms with Crippen LogP contribution in [0.3, 0.4) is 0 Å². The smallest absolute Gasteiger partial charge is 0.223 e. The number of nitrogens with zero attached hydrogens (tertiary/aromatic N) is 2. The molecule has 2 aromatic rings. The number of aromatic nitrogens is 2. The normalized spacial score (nSPS) is 12.6. The molecule has 1 unspecified atom stereocenters. The van der Waals surface area contributed by atoms with Crippen LogP contribution in [0.1, 0.15) is 13.3 Å². The molecule has 3 N–H and O–H groups in total. The van der Waals surface area contributed by atoms with Gasteiger partial charge in [0, 0.05) is 24.2 Å². The van der Waals surface area contributed by atoms with Crippen molar-refractivity contribution in [2.24, 2.45) is 5.73 Å². The molecule has 1 atom stereocenters. The predicted octanol–water partition coefficient (Wildman–Crippen LogP) is 1.78. The lowest BCUT2D eigenvalue weighted by molar-refractivity contribution is 0.676. The second kappa shape index (κ2) is 4.90. The minimum absolute atomic E-state index is 0.148. The third kappa shape index (κ3) is 2.46. The number of hydrogen-bond donors (Lipinski definition) is 2. The van der Waals surface area contributed by atoms with Crippen molar-refractivity contribution in [3.05, 3.63) is 30.5 Å². The Morgan fingerprint density at radius 2 is 2.19 bits per heavy atom. The van der Waals surface area contributed by atoms with Crippen molar-refractivity contribution in [1.29, 1.82) is 0 Å². The van der Waals surface area contributed by atoms with Crippen LogP contribution in [0.2, 0.25) is 0 Å². The van der Waals surface area contributed by atoms with Gasteiger partial charge in [-0.2, -0.15) is 0 Å². The Balaban J connectivity index is 2.13. The van der Waals surface area contributed by atoms with Gasteiger partial charge < -0.3 is 11.1 Å². The Labute approximate surface area is 94.9 Å². The van der Waals surface area contributed by atoms with Crippen LogP contribution in [0, 0.1) is 0 Å². The van der Waals surface area contributed by atoms with Crippen molar-refractivity contribution >= 4 is 16.9 Å². The highest BCUT2D eigenvalue weighted by atomic mass is 15.1. The molecule has 0 radical (unpaired) electrons. The summed E-state index contributed by atoms with van der Waals surface area (Å²) in [5.74, 6) is 0.641. The van der Waals surface area contributed by atoms with Crippen LogP contribution in [-0.4, -0.2) is 22.6 Å². The molecule has 4 heteroatoms. The quantitative estimate of drug-likeness (QED) is 0.817. The first kappa shape index (κ1) is 10.8. The van der Waals surface area contributed by atoms with Crippen LogP contribution in [0.15, 0.2) is 30.5 Å². The van der Waals surface area contributed by atoms with Crippen molar-refractivity contribution in [2.45, 2.75) is 19.4 Å².